The molecule has 0 rings (SSSR count). The minimum Gasteiger partial charge on any atom is -0.462 e. The quantitative estimate of drug-likeness (QED) is 0.0169. The second kappa shape index (κ2) is 70.6. The van der Waals surface area contributed by atoms with Gasteiger partial charge in [0, 0.05) is 25.7 Å². The number of phosphoric acid groups is 2. The maximum absolute atomic E-state index is 13.1. The first kappa shape index (κ1) is 94.5. The molecule has 0 saturated heterocycles. The van der Waals surface area contributed by atoms with Gasteiger partial charge in [0.05, 0.1) is 26.4 Å². The van der Waals surface area contributed by atoms with Crippen LogP contribution in [0.4, 0.5) is 0 Å². The maximum Gasteiger partial charge on any atom is 0.472 e. The first-order valence-corrected chi connectivity index (χ1v) is 42.9. The molecule has 0 radical (unpaired) electrons. The Hall–Kier alpha value is -2.46. The van der Waals surface area contributed by atoms with Crippen molar-refractivity contribution in [1.82, 2.24) is 0 Å². The SMILES string of the molecule is CCCCCC/C=C\C=C/CCCCCCCC(=O)OC[C@H](COP(=O)(O)OC[C@@H](O)COP(=O)(O)OC[C@@H](COC(=O)CCCCCCCCC(C)C)OC(=O)CCCCCCCCCCCCCCC)OC(=O)CCCCCCCCCCCCCCCCCCCCCC. The molecule has 0 aliphatic heterocycles. The molecule has 3 N–H and O–H groups in total. The van der Waals surface area contributed by atoms with Crippen LogP contribution in [-0.2, 0) is 65.4 Å². The predicted octanol–water partition coefficient (Wildman–Crippen LogP) is 22.8. The molecular weight excluding hydrogens is 1270 g/mol. The molecule has 0 amide bonds. The van der Waals surface area contributed by atoms with Gasteiger partial charge in [0.15, 0.2) is 12.2 Å². The van der Waals surface area contributed by atoms with Gasteiger partial charge in [-0.2, -0.15) is 0 Å². The van der Waals surface area contributed by atoms with Gasteiger partial charge in [0.2, 0.25) is 0 Å². The summed E-state index contributed by atoms with van der Waals surface area (Å²) in [7, 11) is -9.92. The van der Waals surface area contributed by atoms with Gasteiger partial charge in [-0.15, -0.1) is 0 Å². The number of unbranched alkanes of at least 4 members (excludes halogenated alkanes) is 45. The fourth-order valence-electron chi connectivity index (χ4n) is 11.5. The Morgan fingerprint density at radius 1 is 0.320 bits per heavy atom. The van der Waals surface area contributed by atoms with Crippen molar-refractivity contribution >= 4 is 39.5 Å². The van der Waals surface area contributed by atoms with Gasteiger partial charge in [-0.25, -0.2) is 9.13 Å². The van der Waals surface area contributed by atoms with Crippen molar-refractivity contribution < 1.29 is 80.2 Å². The number of esters is 4. The fourth-order valence-corrected chi connectivity index (χ4v) is 13.1. The molecule has 0 aromatic heterocycles. The van der Waals surface area contributed by atoms with Crippen molar-refractivity contribution in [2.45, 2.75) is 406 Å². The van der Waals surface area contributed by atoms with Crippen LogP contribution >= 0.6 is 15.6 Å². The van der Waals surface area contributed by atoms with E-state index >= 15 is 0 Å². The Labute approximate surface area is 592 Å². The summed E-state index contributed by atoms with van der Waals surface area (Å²) in [6, 6.07) is 0. The van der Waals surface area contributed by atoms with Gasteiger partial charge >= 0.3 is 39.5 Å². The second-order valence-electron chi connectivity index (χ2n) is 27.9. The van der Waals surface area contributed by atoms with Crippen LogP contribution in [0.15, 0.2) is 24.3 Å². The van der Waals surface area contributed by atoms with E-state index in [1.54, 1.807) is 0 Å². The number of rotatable bonds is 76. The van der Waals surface area contributed by atoms with Crippen LogP contribution in [0.25, 0.3) is 0 Å². The van der Waals surface area contributed by atoms with Gasteiger partial charge in [-0.3, -0.25) is 37.3 Å². The highest BCUT2D eigenvalue weighted by molar-refractivity contribution is 7.47. The molecule has 17 nitrogen and oxygen atoms in total. The van der Waals surface area contributed by atoms with Crippen LogP contribution in [0.2, 0.25) is 0 Å². The molecule has 0 heterocycles. The average molecular weight is 1420 g/mol. The van der Waals surface area contributed by atoms with Crippen LogP contribution in [-0.4, -0.2) is 96.7 Å². The fraction of sp³-hybridized carbons (Fsp3) is 0.897. The molecule has 0 bridgehead atoms. The minimum atomic E-state index is -4.97. The zero-order chi connectivity index (χ0) is 71.2. The molecule has 0 saturated carbocycles. The first-order valence-electron chi connectivity index (χ1n) is 40.0. The van der Waals surface area contributed by atoms with E-state index < -0.39 is 97.5 Å². The van der Waals surface area contributed by atoms with E-state index in [0.717, 1.165) is 116 Å². The van der Waals surface area contributed by atoms with E-state index in [9.17, 15) is 43.2 Å². The predicted molar refractivity (Wildman–Crippen MR) is 395 cm³/mol. The minimum absolute atomic E-state index is 0.102. The topological polar surface area (TPSA) is 237 Å². The summed E-state index contributed by atoms with van der Waals surface area (Å²) in [5.41, 5.74) is 0. The summed E-state index contributed by atoms with van der Waals surface area (Å²) in [5, 5.41) is 10.6. The first-order chi connectivity index (χ1) is 47.0. The Kier molecular flexibility index (Phi) is 68.8. The van der Waals surface area contributed by atoms with Gasteiger partial charge in [-0.1, -0.05) is 335 Å². The number of allylic oxidation sites excluding steroid dienone is 4. The molecule has 0 aromatic carbocycles. The molecule has 19 heteroatoms. The normalized spacial score (nSPS) is 14.1. The van der Waals surface area contributed by atoms with Crippen molar-refractivity contribution in [1.29, 1.82) is 0 Å². The summed E-state index contributed by atoms with van der Waals surface area (Å²) < 4.78 is 68.5. The van der Waals surface area contributed by atoms with Crippen molar-refractivity contribution in [3.8, 4) is 0 Å². The molecule has 0 aliphatic carbocycles. The van der Waals surface area contributed by atoms with E-state index in [2.05, 4.69) is 58.9 Å². The summed E-state index contributed by atoms with van der Waals surface area (Å²) in [6.07, 6.45) is 63.4. The van der Waals surface area contributed by atoms with Crippen molar-refractivity contribution in [3.63, 3.8) is 0 Å². The van der Waals surface area contributed by atoms with Crippen LogP contribution < -0.4 is 0 Å². The zero-order valence-electron chi connectivity index (χ0n) is 62.7. The third-order valence-corrected chi connectivity index (χ3v) is 19.6. The number of aliphatic hydroxyl groups excluding tert-OH is 1. The van der Waals surface area contributed by atoms with E-state index in [4.69, 9.17) is 37.0 Å². The van der Waals surface area contributed by atoms with Crippen molar-refractivity contribution in [2.75, 3.05) is 39.6 Å². The Morgan fingerprint density at radius 3 is 0.845 bits per heavy atom. The monoisotopic (exact) mass is 1420 g/mol. The molecule has 572 valence electrons. The van der Waals surface area contributed by atoms with Crippen LogP contribution in [0.1, 0.15) is 388 Å². The average Bonchev–Trinajstić information content (AvgIpc) is 1.32. The van der Waals surface area contributed by atoms with Gasteiger partial charge in [-0.05, 0) is 57.3 Å². The summed E-state index contributed by atoms with van der Waals surface area (Å²) in [5.74, 6) is -1.47. The number of ether oxygens (including phenoxy) is 4. The molecule has 0 aromatic rings. The second-order valence-corrected chi connectivity index (χ2v) is 30.8. The number of phosphoric ester groups is 2. The van der Waals surface area contributed by atoms with E-state index in [0.29, 0.717) is 31.6 Å². The lowest BCUT2D eigenvalue weighted by molar-refractivity contribution is -0.161. The van der Waals surface area contributed by atoms with Crippen molar-refractivity contribution in [3.05, 3.63) is 24.3 Å². The molecule has 0 aliphatic rings. The Morgan fingerprint density at radius 2 is 0.557 bits per heavy atom. The number of hydrogen-bond acceptors (Lipinski definition) is 15. The Bertz CT molecular complexity index is 1950. The zero-order valence-corrected chi connectivity index (χ0v) is 64.5. The highest BCUT2D eigenvalue weighted by Crippen LogP contribution is 2.45. The van der Waals surface area contributed by atoms with Crippen LogP contribution in [0.3, 0.4) is 0 Å². The van der Waals surface area contributed by atoms with Crippen LogP contribution in [0.5, 0.6) is 0 Å². The summed E-state index contributed by atoms with van der Waals surface area (Å²) >= 11 is 0. The largest absolute Gasteiger partial charge is 0.472 e. The van der Waals surface area contributed by atoms with Gasteiger partial charge in [0.1, 0.15) is 19.3 Å². The lowest BCUT2D eigenvalue weighted by Crippen LogP contribution is -2.30. The molecule has 5 atom stereocenters. The lowest BCUT2D eigenvalue weighted by Gasteiger charge is -2.21. The molecular formula is C78H148O17P2. The van der Waals surface area contributed by atoms with E-state index in [1.807, 2.05) is 0 Å². The third kappa shape index (κ3) is 71.7. The molecule has 2 unspecified atom stereocenters. The highest BCUT2D eigenvalue weighted by Gasteiger charge is 2.30. The number of aliphatic hydroxyl groups is 1. The summed E-state index contributed by atoms with van der Waals surface area (Å²) in [4.78, 5) is 72.8. The number of carbonyl (C=O) groups excluding carboxylic acids is 4. The maximum atomic E-state index is 13.1. The molecule has 0 spiro atoms. The van der Waals surface area contributed by atoms with Gasteiger partial charge < -0.3 is 33.8 Å². The standard InChI is InChI=1S/C78H148O17P2/c1-6-9-12-15-18-21-24-27-29-30-31-32-33-35-38-41-44-47-54-59-64-77(82)94-73(67-88-75(80)61-56-51-45-42-39-37-34-28-25-22-19-16-13-10-7-2)69-92-96(84,85)90-65-72(79)66-91-97(86,87)93-70-74(68-89-76(81)62-57-52-49-48-50-55-60-71(4)5)95-78(83)63-58-53-46-43-40-36-26-23-20-17-14-11-8-3/h22,25,28,34,71-74,79H,6-21,23-24,26-27,29-33,35-70H2,1-5H3,(H,84,85)(H,86,87)/b25-22-,34-28-/t72-,73-,74-/m1/s1. The molecule has 0 fully saturated rings. The number of carbonyl (C=O) groups is 4. The van der Waals surface area contributed by atoms with E-state index in [-0.39, 0.29) is 25.7 Å². The van der Waals surface area contributed by atoms with Crippen molar-refractivity contribution in [2.24, 2.45) is 5.92 Å². The molecule has 97 heavy (non-hydrogen) atoms. The Balaban J connectivity index is 5.24. The van der Waals surface area contributed by atoms with Gasteiger partial charge in [0.25, 0.3) is 0 Å². The van der Waals surface area contributed by atoms with E-state index in [1.165, 1.54) is 186 Å². The van der Waals surface area contributed by atoms with Crippen LogP contribution in [0, 0.1) is 5.92 Å². The smallest absolute Gasteiger partial charge is 0.462 e. The summed E-state index contributed by atoms with van der Waals surface area (Å²) in [6.45, 7) is 7.15. The lowest BCUT2D eigenvalue weighted by atomic mass is 10.0. The highest BCUT2D eigenvalue weighted by atomic mass is 31.2. The third-order valence-electron chi connectivity index (χ3n) is 17.7. The number of hydrogen-bond donors (Lipinski definition) is 3.